The molecule has 96 valence electrons. The van der Waals surface area contributed by atoms with Gasteiger partial charge >= 0.3 is 0 Å². The largest absolute Gasteiger partial charge is 0.368 e. The van der Waals surface area contributed by atoms with Crippen LogP contribution in [0.4, 0.5) is 0 Å². The molecule has 1 amide bonds. The fraction of sp³-hybridized carbons (Fsp3) is 0.846. The van der Waals surface area contributed by atoms with Crippen LogP contribution in [-0.4, -0.2) is 24.7 Å². The fourth-order valence-corrected chi connectivity index (χ4v) is 2.23. The highest BCUT2D eigenvalue weighted by Crippen LogP contribution is 2.25. The second-order valence-electron chi connectivity index (χ2n) is 5.04. The Hall–Kier alpha value is -1.08. The van der Waals surface area contributed by atoms with Gasteiger partial charge in [-0.2, -0.15) is 5.26 Å². The molecule has 0 spiro atoms. The van der Waals surface area contributed by atoms with Gasteiger partial charge in [-0.3, -0.25) is 4.79 Å². The molecule has 3 atom stereocenters. The maximum Gasteiger partial charge on any atom is 0.246 e. The first-order chi connectivity index (χ1) is 8.11. The lowest BCUT2D eigenvalue weighted by molar-refractivity contribution is -0.129. The van der Waals surface area contributed by atoms with Crippen molar-refractivity contribution in [3.63, 3.8) is 0 Å². The molecular formula is C13H22N2O2. The van der Waals surface area contributed by atoms with Crippen molar-refractivity contribution in [2.45, 2.75) is 58.1 Å². The second-order valence-corrected chi connectivity index (χ2v) is 5.04. The molecule has 1 aliphatic rings. The van der Waals surface area contributed by atoms with Gasteiger partial charge in [0.1, 0.15) is 6.61 Å². The minimum atomic E-state index is -0.119. The van der Waals surface area contributed by atoms with Gasteiger partial charge in [-0.25, -0.2) is 0 Å². The van der Waals surface area contributed by atoms with E-state index in [-0.39, 0.29) is 24.7 Å². The lowest BCUT2D eigenvalue weighted by atomic mass is 9.89. The lowest BCUT2D eigenvalue weighted by Gasteiger charge is -2.26. The Morgan fingerprint density at radius 1 is 1.59 bits per heavy atom. The number of ether oxygens (including phenoxy) is 1. The fourth-order valence-electron chi connectivity index (χ4n) is 2.23. The number of nitriles is 1. The third-order valence-electron chi connectivity index (χ3n) is 3.14. The quantitative estimate of drug-likeness (QED) is 0.796. The van der Waals surface area contributed by atoms with Gasteiger partial charge in [0.15, 0.2) is 0 Å². The Labute approximate surface area is 103 Å². The SMILES string of the molecule is CC1CCCC(OCC(=O)NC(C)CC#N)C1. The van der Waals surface area contributed by atoms with Crippen molar-refractivity contribution >= 4 is 5.91 Å². The maximum absolute atomic E-state index is 11.5. The highest BCUT2D eigenvalue weighted by atomic mass is 16.5. The van der Waals surface area contributed by atoms with E-state index in [9.17, 15) is 4.79 Å². The monoisotopic (exact) mass is 238 g/mol. The summed E-state index contributed by atoms with van der Waals surface area (Å²) in [6.07, 6.45) is 5.15. The second kappa shape index (κ2) is 7.29. The van der Waals surface area contributed by atoms with Crippen molar-refractivity contribution in [2.75, 3.05) is 6.61 Å². The average molecular weight is 238 g/mol. The summed E-state index contributed by atoms with van der Waals surface area (Å²) in [5.74, 6) is 0.584. The molecule has 0 aromatic rings. The van der Waals surface area contributed by atoms with Crippen LogP contribution < -0.4 is 5.32 Å². The van der Waals surface area contributed by atoms with E-state index in [2.05, 4.69) is 12.2 Å². The molecule has 1 fully saturated rings. The number of amides is 1. The van der Waals surface area contributed by atoms with E-state index >= 15 is 0 Å². The van der Waals surface area contributed by atoms with Gasteiger partial charge in [-0.1, -0.05) is 19.8 Å². The van der Waals surface area contributed by atoms with Crippen molar-refractivity contribution in [1.82, 2.24) is 5.32 Å². The predicted molar refractivity (Wildman–Crippen MR) is 65.2 cm³/mol. The highest BCUT2D eigenvalue weighted by molar-refractivity contribution is 5.77. The number of nitrogens with one attached hydrogen (secondary N) is 1. The Morgan fingerprint density at radius 3 is 3.00 bits per heavy atom. The van der Waals surface area contributed by atoms with E-state index in [1.54, 1.807) is 0 Å². The third-order valence-corrected chi connectivity index (χ3v) is 3.14. The number of hydrogen-bond donors (Lipinski definition) is 1. The molecule has 0 saturated heterocycles. The molecule has 4 heteroatoms. The van der Waals surface area contributed by atoms with Crippen molar-refractivity contribution in [2.24, 2.45) is 5.92 Å². The average Bonchev–Trinajstić information content (AvgIpc) is 2.27. The molecule has 0 heterocycles. The normalized spacial score (nSPS) is 25.9. The summed E-state index contributed by atoms with van der Waals surface area (Å²) in [6.45, 7) is 4.17. The summed E-state index contributed by atoms with van der Waals surface area (Å²) in [5.41, 5.74) is 0. The van der Waals surface area contributed by atoms with Crippen LogP contribution in [0, 0.1) is 17.2 Å². The zero-order valence-corrected chi connectivity index (χ0v) is 10.7. The lowest BCUT2D eigenvalue weighted by Crippen LogP contribution is -2.36. The first-order valence-corrected chi connectivity index (χ1v) is 6.39. The van der Waals surface area contributed by atoms with Crippen molar-refractivity contribution in [1.29, 1.82) is 5.26 Å². The summed E-state index contributed by atoms with van der Waals surface area (Å²) in [5, 5.41) is 11.2. The standard InChI is InChI=1S/C13H22N2O2/c1-10-4-3-5-12(8-10)17-9-13(16)15-11(2)6-7-14/h10-12H,3-6,8-9H2,1-2H3,(H,15,16). The molecule has 1 saturated carbocycles. The van der Waals surface area contributed by atoms with Gasteiger partial charge in [-0.15, -0.1) is 0 Å². The van der Waals surface area contributed by atoms with Crippen LogP contribution in [0.2, 0.25) is 0 Å². The van der Waals surface area contributed by atoms with Gasteiger partial charge in [0, 0.05) is 6.04 Å². The van der Waals surface area contributed by atoms with E-state index in [1.165, 1.54) is 12.8 Å². The van der Waals surface area contributed by atoms with Crippen molar-refractivity contribution < 1.29 is 9.53 Å². The van der Waals surface area contributed by atoms with Gasteiger partial charge in [0.2, 0.25) is 5.91 Å². The topological polar surface area (TPSA) is 62.1 Å². The molecular weight excluding hydrogens is 216 g/mol. The number of hydrogen-bond acceptors (Lipinski definition) is 3. The first-order valence-electron chi connectivity index (χ1n) is 6.39. The summed E-state index contributed by atoms with van der Waals surface area (Å²) in [7, 11) is 0. The Bertz CT molecular complexity index is 286. The van der Waals surface area contributed by atoms with Crippen LogP contribution in [0.1, 0.15) is 46.0 Å². The molecule has 0 aromatic carbocycles. The number of carbonyl (C=O) groups excluding carboxylic acids is 1. The molecule has 17 heavy (non-hydrogen) atoms. The summed E-state index contributed by atoms with van der Waals surface area (Å²) < 4.78 is 5.60. The van der Waals surface area contributed by atoms with Crippen LogP contribution in [0.15, 0.2) is 0 Å². The molecule has 4 nitrogen and oxygen atoms in total. The van der Waals surface area contributed by atoms with E-state index < -0.39 is 0 Å². The maximum atomic E-state index is 11.5. The third kappa shape index (κ3) is 5.69. The summed E-state index contributed by atoms with van der Waals surface area (Å²) in [4.78, 5) is 11.5. The molecule has 3 unspecified atom stereocenters. The number of rotatable bonds is 5. The van der Waals surface area contributed by atoms with Crippen molar-refractivity contribution in [3.8, 4) is 6.07 Å². The zero-order valence-electron chi connectivity index (χ0n) is 10.7. The summed E-state index contributed by atoms with van der Waals surface area (Å²) in [6, 6.07) is 1.93. The van der Waals surface area contributed by atoms with Crippen molar-refractivity contribution in [3.05, 3.63) is 0 Å². The van der Waals surface area contributed by atoms with Gasteiger partial charge in [-0.05, 0) is 25.7 Å². The van der Waals surface area contributed by atoms with Gasteiger partial charge in [0.25, 0.3) is 0 Å². The number of nitrogens with zero attached hydrogens (tertiary/aromatic N) is 1. The van der Waals surface area contributed by atoms with Crippen LogP contribution in [0.3, 0.4) is 0 Å². The Morgan fingerprint density at radius 2 is 2.35 bits per heavy atom. The minimum absolute atomic E-state index is 0.0959. The predicted octanol–water partition coefficient (Wildman–Crippen LogP) is 2.00. The van der Waals surface area contributed by atoms with E-state index in [0.717, 1.165) is 12.8 Å². The van der Waals surface area contributed by atoms with Crippen LogP contribution in [0.25, 0.3) is 0 Å². The molecule has 0 aromatic heterocycles. The van der Waals surface area contributed by atoms with Crippen LogP contribution in [0.5, 0.6) is 0 Å². The molecule has 0 aliphatic heterocycles. The molecule has 1 rings (SSSR count). The smallest absolute Gasteiger partial charge is 0.246 e. The minimum Gasteiger partial charge on any atom is -0.368 e. The Balaban J connectivity index is 2.17. The van der Waals surface area contributed by atoms with E-state index in [4.69, 9.17) is 10.00 Å². The Kier molecular flexibility index (Phi) is 5.99. The van der Waals surface area contributed by atoms with Gasteiger partial charge < -0.3 is 10.1 Å². The van der Waals surface area contributed by atoms with E-state index in [1.807, 2.05) is 13.0 Å². The number of carbonyl (C=O) groups is 1. The molecule has 0 radical (unpaired) electrons. The summed E-state index contributed by atoms with van der Waals surface area (Å²) >= 11 is 0. The first kappa shape index (κ1) is 14.0. The van der Waals surface area contributed by atoms with E-state index in [0.29, 0.717) is 12.3 Å². The molecule has 1 aliphatic carbocycles. The highest BCUT2D eigenvalue weighted by Gasteiger charge is 2.20. The van der Waals surface area contributed by atoms with Gasteiger partial charge in [0.05, 0.1) is 18.6 Å². The molecule has 1 N–H and O–H groups in total. The molecule has 0 bridgehead atoms. The van der Waals surface area contributed by atoms with Crippen LogP contribution >= 0.6 is 0 Å². The zero-order chi connectivity index (χ0) is 12.7. The van der Waals surface area contributed by atoms with Crippen LogP contribution in [-0.2, 0) is 9.53 Å².